The Morgan fingerprint density at radius 2 is 1.61 bits per heavy atom. The Morgan fingerprint density at radius 3 is 2.25 bits per heavy atom. The first kappa shape index (κ1) is 19.7. The first-order chi connectivity index (χ1) is 13.6. The number of hydrogen-bond donors (Lipinski definition) is 2. The summed E-state index contributed by atoms with van der Waals surface area (Å²) in [5.74, 6) is 0.310. The lowest BCUT2D eigenvalue weighted by molar-refractivity contribution is -0.123. The number of amides is 2. The molecular formula is C22H27N3O3. The normalized spacial score (nSPS) is 13.7. The maximum atomic E-state index is 12.1. The van der Waals surface area contributed by atoms with Gasteiger partial charge >= 0.3 is 0 Å². The van der Waals surface area contributed by atoms with Crippen LogP contribution in [-0.2, 0) is 16.0 Å². The molecule has 0 saturated carbocycles. The third-order valence-corrected chi connectivity index (χ3v) is 4.84. The molecule has 0 bridgehead atoms. The van der Waals surface area contributed by atoms with Gasteiger partial charge in [0.05, 0.1) is 20.1 Å². The lowest BCUT2D eigenvalue weighted by atomic mass is 10.1. The van der Waals surface area contributed by atoms with Crippen LogP contribution >= 0.6 is 0 Å². The van der Waals surface area contributed by atoms with E-state index in [0.717, 1.165) is 30.1 Å². The predicted molar refractivity (Wildman–Crippen MR) is 111 cm³/mol. The zero-order chi connectivity index (χ0) is 19.8. The fraction of sp³-hybridized carbons (Fsp3) is 0.364. The van der Waals surface area contributed by atoms with Crippen LogP contribution in [0.1, 0.15) is 24.8 Å². The molecule has 1 aliphatic heterocycles. The molecule has 2 amide bonds. The molecule has 6 nitrogen and oxygen atoms in total. The molecule has 2 aromatic rings. The molecule has 0 spiro atoms. The van der Waals surface area contributed by atoms with Crippen LogP contribution in [0.2, 0.25) is 0 Å². The number of hydrogen-bond acceptors (Lipinski definition) is 4. The second-order valence-electron chi connectivity index (χ2n) is 6.94. The maximum absolute atomic E-state index is 12.1. The van der Waals surface area contributed by atoms with Gasteiger partial charge in [0.2, 0.25) is 11.8 Å². The smallest absolute Gasteiger partial charge is 0.243 e. The van der Waals surface area contributed by atoms with Gasteiger partial charge in [0, 0.05) is 24.5 Å². The Balaban J connectivity index is 1.42. The van der Waals surface area contributed by atoms with E-state index in [-0.39, 0.29) is 24.8 Å². The second-order valence-corrected chi connectivity index (χ2v) is 6.94. The number of carbonyl (C=O) groups is 2. The van der Waals surface area contributed by atoms with Gasteiger partial charge in [0.15, 0.2) is 0 Å². The van der Waals surface area contributed by atoms with E-state index in [2.05, 4.69) is 15.5 Å². The molecule has 1 aliphatic rings. The predicted octanol–water partition coefficient (Wildman–Crippen LogP) is 2.98. The fourth-order valence-corrected chi connectivity index (χ4v) is 3.28. The number of nitrogens with zero attached hydrogens (tertiary/aromatic N) is 1. The van der Waals surface area contributed by atoms with Crippen molar-refractivity contribution in [1.29, 1.82) is 0 Å². The van der Waals surface area contributed by atoms with E-state index in [1.54, 1.807) is 7.11 Å². The van der Waals surface area contributed by atoms with Crippen molar-refractivity contribution in [3.63, 3.8) is 0 Å². The molecule has 1 fully saturated rings. The van der Waals surface area contributed by atoms with Crippen molar-refractivity contribution in [3.05, 3.63) is 54.1 Å². The zero-order valence-electron chi connectivity index (χ0n) is 16.2. The topological polar surface area (TPSA) is 70.7 Å². The third-order valence-electron chi connectivity index (χ3n) is 4.84. The highest BCUT2D eigenvalue weighted by Gasteiger charge is 2.11. The Hall–Kier alpha value is -3.02. The lowest BCUT2D eigenvalue weighted by Gasteiger charge is -2.28. The minimum absolute atomic E-state index is 0.0527. The van der Waals surface area contributed by atoms with Gasteiger partial charge in [-0.1, -0.05) is 12.1 Å². The van der Waals surface area contributed by atoms with Gasteiger partial charge in [0.1, 0.15) is 5.75 Å². The quantitative estimate of drug-likeness (QED) is 0.774. The van der Waals surface area contributed by atoms with Gasteiger partial charge in [0.25, 0.3) is 0 Å². The summed E-state index contributed by atoms with van der Waals surface area (Å²) in [4.78, 5) is 26.5. The minimum atomic E-state index is -0.242. The van der Waals surface area contributed by atoms with E-state index in [1.807, 2.05) is 48.5 Å². The monoisotopic (exact) mass is 381 g/mol. The number of nitrogens with one attached hydrogen (secondary N) is 2. The van der Waals surface area contributed by atoms with Crippen LogP contribution < -0.4 is 20.3 Å². The molecule has 148 valence electrons. The average Bonchev–Trinajstić information content (AvgIpc) is 2.74. The highest BCUT2D eigenvalue weighted by atomic mass is 16.5. The number of piperidine rings is 1. The maximum Gasteiger partial charge on any atom is 0.243 e. The average molecular weight is 381 g/mol. The zero-order valence-corrected chi connectivity index (χ0v) is 16.2. The van der Waals surface area contributed by atoms with Crippen molar-refractivity contribution in [1.82, 2.24) is 5.32 Å². The van der Waals surface area contributed by atoms with Gasteiger partial charge in [-0.2, -0.15) is 0 Å². The molecule has 2 aromatic carbocycles. The van der Waals surface area contributed by atoms with Crippen molar-refractivity contribution in [2.45, 2.75) is 25.7 Å². The Bertz CT molecular complexity index is 782. The van der Waals surface area contributed by atoms with Crippen molar-refractivity contribution < 1.29 is 14.3 Å². The molecule has 6 heteroatoms. The standard InChI is InChI=1S/C22H27N3O3/c1-28-20-11-5-17(6-12-20)15-21(26)23-16-22(27)24-18-7-9-19(10-8-18)25-13-3-2-4-14-25/h5-12H,2-4,13-16H2,1H3,(H,23,26)(H,24,27). The fourth-order valence-electron chi connectivity index (χ4n) is 3.28. The number of ether oxygens (including phenoxy) is 1. The summed E-state index contributed by atoms with van der Waals surface area (Å²) < 4.78 is 5.10. The molecule has 0 aliphatic carbocycles. The molecule has 0 unspecified atom stereocenters. The van der Waals surface area contributed by atoms with E-state index in [1.165, 1.54) is 24.9 Å². The van der Waals surface area contributed by atoms with E-state index in [0.29, 0.717) is 0 Å². The summed E-state index contributed by atoms with van der Waals surface area (Å²) in [6.45, 7) is 2.13. The van der Waals surface area contributed by atoms with Crippen molar-refractivity contribution in [3.8, 4) is 5.75 Å². The number of anilines is 2. The van der Waals surface area contributed by atoms with Crippen molar-refractivity contribution in [2.24, 2.45) is 0 Å². The van der Waals surface area contributed by atoms with Crippen LogP contribution in [-0.4, -0.2) is 38.6 Å². The molecule has 28 heavy (non-hydrogen) atoms. The van der Waals surface area contributed by atoms with Gasteiger partial charge in [-0.25, -0.2) is 0 Å². The van der Waals surface area contributed by atoms with Gasteiger partial charge in [-0.3, -0.25) is 9.59 Å². The Kier molecular flexibility index (Phi) is 6.89. The molecule has 0 atom stereocenters. The van der Waals surface area contributed by atoms with E-state index < -0.39 is 0 Å². The highest BCUT2D eigenvalue weighted by Crippen LogP contribution is 2.21. The van der Waals surface area contributed by atoms with Crippen molar-refractivity contribution >= 4 is 23.2 Å². The number of carbonyl (C=O) groups excluding carboxylic acids is 2. The highest BCUT2D eigenvalue weighted by molar-refractivity contribution is 5.94. The Labute approximate surface area is 165 Å². The molecular weight excluding hydrogens is 354 g/mol. The summed E-state index contributed by atoms with van der Waals surface area (Å²) >= 11 is 0. The first-order valence-corrected chi connectivity index (χ1v) is 9.68. The van der Waals surface area contributed by atoms with Crippen LogP contribution in [0.15, 0.2) is 48.5 Å². The summed E-state index contributed by atoms with van der Waals surface area (Å²) in [7, 11) is 1.60. The molecule has 0 radical (unpaired) electrons. The molecule has 1 heterocycles. The van der Waals surface area contributed by atoms with Crippen LogP contribution in [0.5, 0.6) is 5.75 Å². The van der Waals surface area contributed by atoms with Gasteiger partial charge in [-0.05, 0) is 61.2 Å². The molecule has 0 aromatic heterocycles. The Morgan fingerprint density at radius 1 is 0.929 bits per heavy atom. The van der Waals surface area contributed by atoms with Crippen LogP contribution in [0.3, 0.4) is 0 Å². The number of methoxy groups -OCH3 is 1. The summed E-state index contributed by atoms with van der Waals surface area (Å²) in [6.07, 6.45) is 3.99. The van der Waals surface area contributed by atoms with E-state index in [4.69, 9.17) is 4.74 Å². The van der Waals surface area contributed by atoms with Crippen LogP contribution in [0.4, 0.5) is 11.4 Å². The van der Waals surface area contributed by atoms with Crippen molar-refractivity contribution in [2.75, 3.05) is 37.0 Å². The molecule has 2 N–H and O–H groups in total. The molecule has 1 saturated heterocycles. The number of benzene rings is 2. The summed E-state index contributed by atoms with van der Waals surface area (Å²) in [6, 6.07) is 15.2. The minimum Gasteiger partial charge on any atom is -0.497 e. The largest absolute Gasteiger partial charge is 0.497 e. The van der Waals surface area contributed by atoms with Crippen LogP contribution in [0, 0.1) is 0 Å². The van der Waals surface area contributed by atoms with Gasteiger partial charge in [-0.15, -0.1) is 0 Å². The van der Waals surface area contributed by atoms with Crippen LogP contribution in [0.25, 0.3) is 0 Å². The third kappa shape index (κ3) is 5.74. The van der Waals surface area contributed by atoms with E-state index >= 15 is 0 Å². The lowest BCUT2D eigenvalue weighted by Crippen LogP contribution is -2.33. The molecule has 3 rings (SSSR count). The second kappa shape index (κ2) is 9.78. The first-order valence-electron chi connectivity index (χ1n) is 9.68. The van der Waals surface area contributed by atoms with E-state index in [9.17, 15) is 9.59 Å². The summed E-state index contributed by atoms with van der Waals surface area (Å²) in [5.41, 5.74) is 2.78. The van der Waals surface area contributed by atoms with Gasteiger partial charge < -0.3 is 20.3 Å². The summed E-state index contributed by atoms with van der Waals surface area (Å²) in [5, 5.41) is 5.47. The SMILES string of the molecule is COc1ccc(CC(=O)NCC(=O)Nc2ccc(N3CCCCC3)cc2)cc1. The number of rotatable bonds is 7.